The number of rotatable bonds is 4. The van der Waals surface area contributed by atoms with E-state index in [0.29, 0.717) is 34.8 Å². The second kappa shape index (κ2) is 7.63. The van der Waals surface area contributed by atoms with Crippen molar-refractivity contribution in [3.63, 3.8) is 0 Å². The van der Waals surface area contributed by atoms with E-state index in [1.807, 2.05) is 11.0 Å². The van der Waals surface area contributed by atoms with Crippen molar-refractivity contribution in [2.45, 2.75) is 18.8 Å². The maximum Gasteiger partial charge on any atom is 0.245 e. The van der Waals surface area contributed by atoms with Gasteiger partial charge in [0.05, 0.1) is 0 Å². The van der Waals surface area contributed by atoms with Crippen molar-refractivity contribution in [3.05, 3.63) is 58.2 Å². The molecule has 29 heavy (non-hydrogen) atoms. The number of aromatic hydroxyl groups is 1. The van der Waals surface area contributed by atoms with Gasteiger partial charge in [0.2, 0.25) is 5.91 Å². The molecule has 1 aliphatic heterocycles. The zero-order valence-corrected chi connectivity index (χ0v) is 17.7. The fourth-order valence-corrected chi connectivity index (χ4v) is 5.53. The number of para-hydroxylation sites is 1. The molecule has 0 radical (unpaired) electrons. The summed E-state index contributed by atoms with van der Waals surface area (Å²) in [6.07, 6.45) is 5.32. The van der Waals surface area contributed by atoms with Crippen LogP contribution in [0.25, 0.3) is 11.8 Å². The maximum atomic E-state index is 12.0. The zero-order valence-electron chi connectivity index (χ0n) is 16.1. The summed E-state index contributed by atoms with van der Waals surface area (Å²) in [7, 11) is 0. The number of halogens is 1. The molecule has 0 spiro atoms. The number of benzene rings is 1. The van der Waals surface area contributed by atoms with Crippen molar-refractivity contribution >= 4 is 39.4 Å². The van der Waals surface area contributed by atoms with Crippen molar-refractivity contribution in [2.75, 3.05) is 18.8 Å². The third-order valence-corrected chi connectivity index (χ3v) is 7.12. The molecule has 1 aromatic heterocycles. The largest absolute Gasteiger partial charge is 0.507 e. The van der Waals surface area contributed by atoms with Crippen LogP contribution in [0.4, 0.5) is 5.82 Å². The lowest BCUT2D eigenvalue weighted by Crippen LogP contribution is -2.28. The number of nitrogens with one attached hydrogen (secondary N) is 1. The first-order valence-electron chi connectivity index (χ1n) is 9.74. The number of phenols is 1. The number of aromatic nitrogens is 1. The minimum absolute atomic E-state index is 0.00211. The molecule has 1 amide bonds. The van der Waals surface area contributed by atoms with Gasteiger partial charge in [0.25, 0.3) is 0 Å². The number of nitrogen functional groups attached to an aromatic ring is 1. The first-order valence-corrected chi connectivity index (χ1v) is 10.5. The van der Waals surface area contributed by atoms with E-state index in [1.54, 1.807) is 24.3 Å². The number of nitrogens with zero attached hydrogens (tertiary/aromatic N) is 1. The number of amides is 1. The number of nitrogens with two attached hydrogens (primary N) is 2. The van der Waals surface area contributed by atoms with Crippen molar-refractivity contribution in [1.82, 2.24) is 9.88 Å². The van der Waals surface area contributed by atoms with Crippen molar-refractivity contribution in [2.24, 2.45) is 17.6 Å². The van der Waals surface area contributed by atoms with Crippen LogP contribution in [0, 0.1) is 11.8 Å². The number of phenolic OH excluding ortho intramolecular Hbond substituents is 1. The second-order valence-electron chi connectivity index (χ2n) is 7.85. The molecule has 7 heteroatoms. The molecule has 1 saturated heterocycles. The lowest BCUT2D eigenvalue weighted by Gasteiger charge is -2.20. The Labute approximate surface area is 178 Å². The number of aromatic amines is 1. The molecular formula is C22H25BrN4O2. The third kappa shape index (κ3) is 3.44. The number of hydrogen-bond donors (Lipinski definition) is 4. The van der Waals surface area contributed by atoms with Gasteiger partial charge in [-0.1, -0.05) is 18.7 Å². The SMILES string of the molecule is C=CC(=O)N1C[C@@H]2CCC(c3[nH]c(N)c(/C=C(\N)c4ccccc4O)c3Br)[C@@H]2C1. The van der Waals surface area contributed by atoms with Gasteiger partial charge in [-0.3, -0.25) is 4.79 Å². The number of likely N-dealkylation sites (tertiary alicyclic amines) is 1. The number of carbonyl (C=O) groups excluding carboxylic acids is 1. The fourth-order valence-electron chi connectivity index (χ4n) is 4.81. The normalized spacial score (nSPS) is 24.0. The highest BCUT2D eigenvalue weighted by Gasteiger charge is 2.45. The van der Waals surface area contributed by atoms with Crippen LogP contribution in [0.1, 0.15) is 35.6 Å². The standard InChI is InChI=1S/C22H25BrN4O2/c1-2-19(29)27-10-12-7-8-13(16(12)11-27)21-20(23)15(22(25)26-21)9-17(24)14-5-3-4-6-18(14)28/h2-6,9,12-13,16,26,28H,1,7-8,10-11,24-25H2/b17-9-/t12-,13?,16+/m0/s1. The van der Waals surface area contributed by atoms with E-state index in [0.717, 1.165) is 41.7 Å². The van der Waals surface area contributed by atoms with Crippen LogP contribution in [-0.2, 0) is 4.79 Å². The Balaban J connectivity index is 1.63. The van der Waals surface area contributed by atoms with E-state index >= 15 is 0 Å². The van der Waals surface area contributed by atoms with Gasteiger partial charge in [-0.2, -0.15) is 0 Å². The fraction of sp³-hybridized carbons (Fsp3) is 0.318. The monoisotopic (exact) mass is 456 g/mol. The number of fused-ring (bicyclic) bond motifs is 1. The number of hydrogen-bond acceptors (Lipinski definition) is 4. The molecule has 6 nitrogen and oxygen atoms in total. The van der Waals surface area contributed by atoms with Gasteiger partial charge >= 0.3 is 0 Å². The lowest BCUT2D eigenvalue weighted by atomic mass is 9.90. The van der Waals surface area contributed by atoms with E-state index in [9.17, 15) is 9.90 Å². The van der Waals surface area contributed by atoms with E-state index in [1.165, 1.54) is 6.08 Å². The van der Waals surface area contributed by atoms with E-state index < -0.39 is 0 Å². The molecule has 2 fully saturated rings. The van der Waals surface area contributed by atoms with Crippen LogP contribution in [0.5, 0.6) is 5.75 Å². The molecule has 3 atom stereocenters. The van der Waals surface area contributed by atoms with Gasteiger partial charge in [-0.15, -0.1) is 0 Å². The zero-order chi connectivity index (χ0) is 20.7. The van der Waals surface area contributed by atoms with E-state index in [-0.39, 0.29) is 11.7 Å². The summed E-state index contributed by atoms with van der Waals surface area (Å²) < 4.78 is 0.896. The first kappa shape index (κ1) is 19.6. The summed E-state index contributed by atoms with van der Waals surface area (Å²) in [4.78, 5) is 17.3. The second-order valence-corrected chi connectivity index (χ2v) is 8.64. The van der Waals surface area contributed by atoms with Gasteiger partial charge in [0.15, 0.2) is 0 Å². The number of H-pyrrole nitrogens is 1. The van der Waals surface area contributed by atoms with Gasteiger partial charge in [-0.25, -0.2) is 0 Å². The molecular weight excluding hydrogens is 432 g/mol. The quantitative estimate of drug-likeness (QED) is 0.526. The van der Waals surface area contributed by atoms with Crippen LogP contribution < -0.4 is 11.5 Å². The van der Waals surface area contributed by atoms with Gasteiger partial charge in [0.1, 0.15) is 11.6 Å². The molecule has 1 aromatic carbocycles. The average molecular weight is 457 g/mol. The Kier molecular flexibility index (Phi) is 5.17. The molecule has 1 unspecified atom stereocenters. The average Bonchev–Trinajstić information content (AvgIpc) is 3.36. The highest BCUT2D eigenvalue weighted by atomic mass is 79.9. The smallest absolute Gasteiger partial charge is 0.245 e. The Morgan fingerprint density at radius 2 is 2.07 bits per heavy atom. The molecule has 1 saturated carbocycles. The van der Waals surface area contributed by atoms with Gasteiger partial charge < -0.3 is 26.5 Å². The summed E-state index contributed by atoms with van der Waals surface area (Å²) in [6, 6.07) is 6.95. The Hall–Kier alpha value is -2.67. The highest BCUT2D eigenvalue weighted by Crippen LogP contribution is 2.50. The van der Waals surface area contributed by atoms with Crippen molar-refractivity contribution in [3.8, 4) is 5.75 Å². The maximum absolute atomic E-state index is 12.0. The molecule has 0 bridgehead atoms. The van der Waals surface area contributed by atoms with Crippen LogP contribution in [0.15, 0.2) is 41.4 Å². The van der Waals surface area contributed by atoms with E-state index in [2.05, 4.69) is 27.5 Å². The molecule has 2 aliphatic rings. The Bertz CT molecular complexity index is 997. The summed E-state index contributed by atoms with van der Waals surface area (Å²) in [5.41, 5.74) is 15.4. The van der Waals surface area contributed by atoms with Crippen LogP contribution >= 0.6 is 15.9 Å². The van der Waals surface area contributed by atoms with Gasteiger partial charge in [0, 0.05) is 46.0 Å². The number of anilines is 1. The summed E-state index contributed by atoms with van der Waals surface area (Å²) in [6.45, 7) is 5.15. The first-order chi connectivity index (χ1) is 13.9. The minimum Gasteiger partial charge on any atom is -0.507 e. The molecule has 2 heterocycles. The van der Waals surface area contributed by atoms with Crippen LogP contribution in [0.3, 0.4) is 0 Å². The number of carbonyl (C=O) groups is 1. The topological polar surface area (TPSA) is 108 Å². The van der Waals surface area contributed by atoms with Crippen LogP contribution in [0.2, 0.25) is 0 Å². The molecule has 2 aromatic rings. The summed E-state index contributed by atoms with van der Waals surface area (Å²) in [5, 5.41) is 10.1. The Morgan fingerprint density at radius 3 is 2.79 bits per heavy atom. The summed E-state index contributed by atoms with van der Waals surface area (Å²) >= 11 is 3.72. The predicted molar refractivity (Wildman–Crippen MR) is 119 cm³/mol. The van der Waals surface area contributed by atoms with Crippen LogP contribution in [-0.4, -0.2) is 34.0 Å². The Morgan fingerprint density at radius 1 is 1.31 bits per heavy atom. The predicted octanol–water partition coefficient (Wildman–Crippen LogP) is 3.66. The minimum atomic E-state index is 0.00211. The molecule has 6 N–H and O–H groups in total. The molecule has 152 valence electrons. The highest BCUT2D eigenvalue weighted by molar-refractivity contribution is 9.10. The van der Waals surface area contributed by atoms with Crippen molar-refractivity contribution < 1.29 is 9.90 Å². The van der Waals surface area contributed by atoms with Crippen molar-refractivity contribution in [1.29, 1.82) is 0 Å². The van der Waals surface area contributed by atoms with Gasteiger partial charge in [-0.05, 0) is 64.9 Å². The molecule has 4 rings (SSSR count). The summed E-state index contributed by atoms with van der Waals surface area (Å²) in [5.74, 6) is 1.87. The van der Waals surface area contributed by atoms with E-state index in [4.69, 9.17) is 11.5 Å². The molecule has 1 aliphatic carbocycles. The third-order valence-electron chi connectivity index (χ3n) is 6.26. The lowest BCUT2D eigenvalue weighted by molar-refractivity contribution is -0.125.